The maximum absolute atomic E-state index is 9.53. The molecule has 1 heterocycles. The highest BCUT2D eigenvalue weighted by Gasteiger charge is 2.51. The minimum Gasteiger partial charge on any atom is -0.467 e. The summed E-state index contributed by atoms with van der Waals surface area (Å²) in [6, 6.07) is 1.94. The summed E-state index contributed by atoms with van der Waals surface area (Å²) in [6.45, 7) is 1.82. The predicted octanol–water partition coefficient (Wildman–Crippen LogP) is 2.45. The Balaban J connectivity index is 2.30. The average Bonchev–Trinajstić information content (AvgIpc) is 2.71. The van der Waals surface area contributed by atoms with Crippen molar-refractivity contribution in [3.8, 4) is 0 Å². The van der Waals surface area contributed by atoms with Gasteiger partial charge in [-0.3, -0.25) is 0 Å². The van der Waals surface area contributed by atoms with Crippen molar-refractivity contribution in [3.63, 3.8) is 0 Å². The van der Waals surface area contributed by atoms with Crippen LogP contribution in [0.2, 0.25) is 0 Å². The largest absolute Gasteiger partial charge is 0.467 e. The van der Waals surface area contributed by atoms with Crippen molar-refractivity contribution in [3.05, 3.63) is 22.6 Å². The lowest BCUT2D eigenvalue weighted by Crippen LogP contribution is -2.21. The van der Waals surface area contributed by atoms with Gasteiger partial charge >= 0.3 is 0 Å². The smallest absolute Gasteiger partial charge is 0.113 e. The lowest BCUT2D eigenvalue weighted by atomic mass is 9.98. The van der Waals surface area contributed by atoms with Crippen molar-refractivity contribution in [2.75, 3.05) is 0 Å². The molecule has 0 spiro atoms. The first kappa shape index (κ1) is 8.32. The van der Waals surface area contributed by atoms with Gasteiger partial charge in [-0.05, 0) is 41.8 Å². The highest BCUT2D eigenvalue weighted by atomic mass is 79.9. The third kappa shape index (κ3) is 1.12. The summed E-state index contributed by atoms with van der Waals surface area (Å²) in [6.07, 6.45) is 3.42. The highest BCUT2D eigenvalue weighted by Crippen LogP contribution is 2.51. The number of rotatable bonds is 2. The lowest BCUT2D eigenvalue weighted by molar-refractivity contribution is 0.138. The first-order valence-electron chi connectivity index (χ1n) is 4.08. The van der Waals surface area contributed by atoms with Crippen LogP contribution in [0.1, 0.15) is 25.5 Å². The van der Waals surface area contributed by atoms with Crippen LogP contribution < -0.4 is 0 Å². The van der Waals surface area contributed by atoms with E-state index in [1.807, 2.05) is 13.0 Å². The summed E-state index contributed by atoms with van der Waals surface area (Å²) < 4.78 is 6.29. The van der Waals surface area contributed by atoms with Crippen LogP contribution in [0.3, 0.4) is 0 Å². The quantitative estimate of drug-likeness (QED) is 0.847. The Morgan fingerprint density at radius 2 is 2.33 bits per heavy atom. The van der Waals surface area contributed by atoms with E-state index >= 15 is 0 Å². The Kier molecular flexibility index (Phi) is 1.81. The highest BCUT2D eigenvalue weighted by molar-refractivity contribution is 9.10. The fourth-order valence-electron chi connectivity index (χ4n) is 1.58. The summed E-state index contributed by atoms with van der Waals surface area (Å²) >= 11 is 3.33. The van der Waals surface area contributed by atoms with E-state index in [0.29, 0.717) is 0 Å². The summed E-state index contributed by atoms with van der Waals surface area (Å²) in [5.74, 6) is 0.907. The van der Waals surface area contributed by atoms with Gasteiger partial charge < -0.3 is 9.52 Å². The van der Waals surface area contributed by atoms with Crippen molar-refractivity contribution in [2.45, 2.75) is 31.3 Å². The molecule has 0 amide bonds. The Morgan fingerprint density at radius 1 is 1.67 bits per heavy atom. The zero-order valence-electron chi connectivity index (χ0n) is 6.88. The minimum atomic E-state index is -0.310. The molecule has 2 rings (SSSR count). The molecule has 12 heavy (non-hydrogen) atoms. The van der Waals surface area contributed by atoms with Crippen LogP contribution in [-0.4, -0.2) is 11.2 Å². The van der Waals surface area contributed by atoms with Gasteiger partial charge in [0.2, 0.25) is 0 Å². The van der Waals surface area contributed by atoms with E-state index in [1.165, 1.54) is 0 Å². The van der Waals surface area contributed by atoms with Crippen LogP contribution in [0.15, 0.2) is 21.2 Å². The molecule has 0 saturated heterocycles. The Hall–Kier alpha value is -0.280. The van der Waals surface area contributed by atoms with Gasteiger partial charge in [0.25, 0.3) is 0 Å². The zero-order valence-corrected chi connectivity index (χ0v) is 8.47. The normalized spacial score (nSPS) is 22.2. The number of aliphatic hydroxyl groups is 1. The lowest BCUT2D eigenvalue weighted by Gasteiger charge is -2.14. The molecule has 0 bridgehead atoms. The second-order valence-electron chi connectivity index (χ2n) is 3.46. The minimum absolute atomic E-state index is 0.0774. The van der Waals surface area contributed by atoms with E-state index in [2.05, 4.69) is 15.9 Å². The molecule has 1 N–H and O–H groups in total. The number of hydrogen-bond donors (Lipinski definition) is 1. The second-order valence-corrected chi connectivity index (χ2v) is 4.38. The SMILES string of the molecule is CC(O)C1(c2cc(Br)co2)CC1. The first-order valence-corrected chi connectivity index (χ1v) is 4.87. The molecule has 3 heteroatoms. The fraction of sp³-hybridized carbons (Fsp3) is 0.556. The molecule has 1 aromatic rings. The standard InChI is InChI=1S/C9H11BrO2/c1-6(11)9(2-3-9)8-4-7(10)5-12-8/h4-6,11H,2-3H2,1H3. The predicted molar refractivity (Wildman–Crippen MR) is 49.0 cm³/mol. The van der Waals surface area contributed by atoms with E-state index in [9.17, 15) is 5.11 Å². The van der Waals surface area contributed by atoms with E-state index < -0.39 is 0 Å². The molecule has 0 radical (unpaired) electrons. The second kappa shape index (κ2) is 2.60. The van der Waals surface area contributed by atoms with Crippen molar-refractivity contribution in [2.24, 2.45) is 0 Å². The van der Waals surface area contributed by atoms with E-state index in [1.54, 1.807) is 6.26 Å². The number of hydrogen-bond acceptors (Lipinski definition) is 2. The van der Waals surface area contributed by atoms with Crippen molar-refractivity contribution in [1.29, 1.82) is 0 Å². The van der Waals surface area contributed by atoms with Crippen LogP contribution in [0.4, 0.5) is 0 Å². The molecular weight excluding hydrogens is 220 g/mol. The molecular formula is C9H11BrO2. The van der Waals surface area contributed by atoms with Crippen LogP contribution in [0.25, 0.3) is 0 Å². The summed E-state index contributed by atoms with van der Waals surface area (Å²) in [4.78, 5) is 0. The molecule has 2 nitrogen and oxygen atoms in total. The monoisotopic (exact) mass is 230 g/mol. The fourth-order valence-corrected chi connectivity index (χ4v) is 1.88. The van der Waals surface area contributed by atoms with Crippen LogP contribution in [0, 0.1) is 0 Å². The van der Waals surface area contributed by atoms with E-state index in [4.69, 9.17) is 4.42 Å². The Labute approximate surface area is 79.7 Å². The molecule has 1 fully saturated rings. The number of aliphatic hydroxyl groups excluding tert-OH is 1. The molecule has 0 aromatic carbocycles. The molecule has 66 valence electrons. The van der Waals surface area contributed by atoms with Gasteiger partial charge in [-0.25, -0.2) is 0 Å². The van der Waals surface area contributed by atoms with Gasteiger partial charge in [0.05, 0.1) is 16.0 Å². The average molecular weight is 231 g/mol. The molecule has 1 atom stereocenters. The van der Waals surface area contributed by atoms with Gasteiger partial charge in [-0.1, -0.05) is 0 Å². The topological polar surface area (TPSA) is 33.4 Å². The first-order chi connectivity index (χ1) is 5.65. The summed E-state index contributed by atoms with van der Waals surface area (Å²) in [5, 5.41) is 9.53. The van der Waals surface area contributed by atoms with Gasteiger partial charge in [0.1, 0.15) is 12.0 Å². The third-order valence-electron chi connectivity index (χ3n) is 2.65. The van der Waals surface area contributed by atoms with Crippen molar-refractivity contribution < 1.29 is 9.52 Å². The van der Waals surface area contributed by atoms with Crippen molar-refractivity contribution in [1.82, 2.24) is 0 Å². The van der Waals surface area contributed by atoms with Crippen LogP contribution in [0.5, 0.6) is 0 Å². The Morgan fingerprint density at radius 3 is 2.67 bits per heavy atom. The number of furan rings is 1. The molecule has 1 aliphatic carbocycles. The van der Waals surface area contributed by atoms with Gasteiger partial charge in [-0.2, -0.15) is 0 Å². The Bertz CT molecular complexity index is 286. The zero-order chi connectivity index (χ0) is 8.77. The molecule has 1 unspecified atom stereocenters. The van der Waals surface area contributed by atoms with E-state index in [-0.39, 0.29) is 11.5 Å². The third-order valence-corrected chi connectivity index (χ3v) is 3.06. The van der Waals surface area contributed by atoms with Crippen LogP contribution in [-0.2, 0) is 5.41 Å². The molecule has 1 aromatic heterocycles. The summed E-state index contributed by atoms with van der Waals surface area (Å²) in [5.41, 5.74) is -0.0774. The summed E-state index contributed by atoms with van der Waals surface area (Å²) in [7, 11) is 0. The van der Waals surface area contributed by atoms with Crippen LogP contribution >= 0.6 is 15.9 Å². The molecule has 0 aliphatic heterocycles. The van der Waals surface area contributed by atoms with E-state index in [0.717, 1.165) is 23.1 Å². The van der Waals surface area contributed by atoms with Gasteiger partial charge in [-0.15, -0.1) is 0 Å². The maximum atomic E-state index is 9.53. The molecule has 1 aliphatic rings. The van der Waals surface area contributed by atoms with Crippen molar-refractivity contribution >= 4 is 15.9 Å². The maximum Gasteiger partial charge on any atom is 0.113 e. The number of halogens is 1. The molecule has 1 saturated carbocycles. The van der Waals surface area contributed by atoms with Gasteiger partial charge in [0.15, 0.2) is 0 Å². The van der Waals surface area contributed by atoms with Gasteiger partial charge in [0, 0.05) is 0 Å².